The molecule has 0 radical (unpaired) electrons. The molecular weight excluding hydrogens is 626 g/mol. The largest absolute Gasteiger partial charge is 0.390 e. The highest BCUT2D eigenvalue weighted by atomic mass is 16.3. The van der Waals surface area contributed by atoms with Gasteiger partial charge in [-0.05, 0) is 37.5 Å². The maximum Gasteiger partial charge on any atom is 0.127 e. The Morgan fingerprint density at radius 3 is 0.981 bits per heavy atom. The molecule has 0 saturated heterocycles. The van der Waals surface area contributed by atoms with Gasteiger partial charge < -0.3 is 5.11 Å². The van der Waals surface area contributed by atoms with Gasteiger partial charge in [-0.2, -0.15) is 0 Å². The van der Waals surface area contributed by atoms with Gasteiger partial charge in [0, 0.05) is 0 Å². The Hall–Kier alpha value is 0.0899. The Labute approximate surface area is 331 Å². The van der Waals surface area contributed by atoms with Crippen LogP contribution in [0.4, 0.5) is 0 Å². The average Bonchev–Trinajstić information content (AvgIpc) is 3.10. The predicted octanol–water partition coefficient (Wildman–Crippen LogP) is 16.2. The molecule has 0 aromatic heterocycles. The van der Waals surface area contributed by atoms with E-state index in [4.69, 9.17) is 0 Å². The molecule has 2 saturated carbocycles. The number of aliphatic hydroxyl groups is 1. The lowest BCUT2D eigenvalue weighted by molar-refractivity contribution is -0.0310. The molecule has 3 atom stereocenters. The second-order valence-corrected chi connectivity index (χ2v) is 20.6. The number of hydrogen-bond donors (Lipinski definition) is 1. The second kappa shape index (κ2) is 29.3. The van der Waals surface area contributed by atoms with Gasteiger partial charge in [0.05, 0.1) is 5.60 Å². The molecule has 0 heterocycles. The molecule has 0 spiro atoms. The molecule has 306 valence electrons. The zero-order chi connectivity index (χ0) is 37.7. The quantitative estimate of drug-likeness (QED) is 0.286. The second-order valence-electron chi connectivity index (χ2n) is 20.6. The molecule has 52 heavy (non-hydrogen) atoms. The molecule has 3 heteroatoms. The molecule has 2 aliphatic rings. The average molecular weight is 725 g/mol. The molecule has 0 bridgehead atoms. The van der Waals surface area contributed by atoms with Crippen LogP contribution in [-0.2, 0) is 0 Å². The molecule has 0 aliphatic heterocycles. The monoisotopic (exact) mass is 725 g/mol. The van der Waals surface area contributed by atoms with Crippen LogP contribution < -0.4 is 0 Å². The first kappa shape index (κ1) is 48.2. The van der Waals surface area contributed by atoms with Gasteiger partial charge in [-0.3, -0.25) is 0 Å². The smallest absolute Gasteiger partial charge is 0.127 e. The summed E-state index contributed by atoms with van der Waals surface area (Å²) in [5, 5.41) is 13.5. The SMILES string of the molecule is BC1(C)CCCC(O)(CC2(C)CCCCCCCCCCCCCCCCCCCCC2)CCCCCCCCCCCCCCCC1(C)BCC. The van der Waals surface area contributed by atoms with E-state index < -0.39 is 5.60 Å². The van der Waals surface area contributed by atoms with Crippen molar-refractivity contribution in [2.24, 2.45) is 5.41 Å². The minimum absolute atomic E-state index is 0.282. The highest BCUT2D eigenvalue weighted by Gasteiger charge is 2.41. The van der Waals surface area contributed by atoms with E-state index in [1.807, 2.05) is 0 Å². The zero-order valence-electron chi connectivity index (χ0n) is 37.1. The summed E-state index contributed by atoms with van der Waals surface area (Å²) in [4.78, 5) is 0. The summed E-state index contributed by atoms with van der Waals surface area (Å²) >= 11 is 0. The first-order valence-corrected chi connectivity index (χ1v) is 24.9. The number of rotatable bonds is 4. The van der Waals surface area contributed by atoms with Gasteiger partial charge in [-0.25, -0.2) is 0 Å². The summed E-state index contributed by atoms with van der Waals surface area (Å²) in [6.07, 6.45) is 56.5. The van der Waals surface area contributed by atoms with Crippen LogP contribution in [0.15, 0.2) is 0 Å². The topological polar surface area (TPSA) is 20.2 Å². The first-order chi connectivity index (χ1) is 25.1. The van der Waals surface area contributed by atoms with Gasteiger partial charge in [-0.1, -0.05) is 269 Å². The fourth-order valence-electron chi connectivity index (χ4n) is 10.9. The third kappa shape index (κ3) is 22.6. The Bertz CT molecular complexity index is 789. The van der Waals surface area contributed by atoms with Gasteiger partial charge in [0.2, 0.25) is 0 Å². The van der Waals surface area contributed by atoms with Crippen LogP contribution >= 0.6 is 0 Å². The van der Waals surface area contributed by atoms with Crippen molar-refractivity contribution in [3.05, 3.63) is 0 Å². The Morgan fingerprint density at radius 1 is 0.385 bits per heavy atom. The Morgan fingerprint density at radius 2 is 0.654 bits per heavy atom. The molecule has 1 N–H and O–H groups in total. The maximum absolute atomic E-state index is 12.8. The van der Waals surface area contributed by atoms with E-state index in [0.717, 1.165) is 19.3 Å². The van der Waals surface area contributed by atoms with Crippen molar-refractivity contribution in [2.75, 3.05) is 0 Å². The van der Waals surface area contributed by atoms with Gasteiger partial charge >= 0.3 is 0 Å². The van der Waals surface area contributed by atoms with Crippen molar-refractivity contribution in [1.29, 1.82) is 0 Å². The minimum Gasteiger partial charge on any atom is -0.390 e. The Balaban J connectivity index is 2.12. The standard InChI is InChI=1S/C49H98B2O/c1-5-51-48(4)42-36-32-28-24-20-16-13-17-21-25-29-33-37-43-49(52,44-38-41-47(48,3)50)45-46(2)39-34-30-26-22-18-14-11-9-7-6-8-10-12-15-19-23-27-31-35-40-46/h51-52H,5-45,50H2,1-4H3. The molecule has 0 amide bonds. The lowest BCUT2D eigenvalue weighted by Crippen LogP contribution is -2.37. The summed E-state index contributed by atoms with van der Waals surface area (Å²) in [6.45, 7) is 10.2. The molecular formula is C49H98B2O. The van der Waals surface area contributed by atoms with Crippen molar-refractivity contribution >= 4 is 15.1 Å². The van der Waals surface area contributed by atoms with Gasteiger partial charge in [-0.15, -0.1) is 0 Å². The van der Waals surface area contributed by atoms with E-state index >= 15 is 0 Å². The lowest BCUT2D eigenvalue weighted by atomic mass is 9.35. The highest BCUT2D eigenvalue weighted by molar-refractivity contribution is 6.43. The van der Waals surface area contributed by atoms with Crippen LogP contribution in [0, 0.1) is 5.41 Å². The molecule has 2 fully saturated rings. The van der Waals surface area contributed by atoms with Crippen LogP contribution in [0.3, 0.4) is 0 Å². The van der Waals surface area contributed by atoms with Crippen molar-refractivity contribution in [3.8, 4) is 0 Å². The first-order valence-electron chi connectivity index (χ1n) is 24.9. The Kier molecular flexibility index (Phi) is 27.2. The molecule has 2 aliphatic carbocycles. The van der Waals surface area contributed by atoms with E-state index in [-0.39, 0.29) is 5.41 Å². The van der Waals surface area contributed by atoms with E-state index in [1.54, 1.807) is 0 Å². The van der Waals surface area contributed by atoms with E-state index in [1.165, 1.54) is 251 Å². The van der Waals surface area contributed by atoms with E-state index in [9.17, 15) is 5.11 Å². The maximum atomic E-state index is 12.8. The predicted molar refractivity (Wildman–Crippen MR) is 241 cm³/mol. The zero-order valence-corrected chi connectivity index (χ0v) is 37.1. The summed E-state index contributed by atoms with van der Waals surface area (Å²) in [7, 11) is 3.94. The van der Waals surface area contributed by atoms with Gasteiger partial charge in [0.15, 0.2) is 0 Å². The number of hydrogen-bond acceptors (Lipinski definition) is 1. The normalized spacial score (nSPS) is 31.9. The van der Waals surface area contributed by atoms with Gasteiger partial charge in [0.1, 0.15) is 15.1 Å². The third-order valence-corrected chi connectivity index (χ3v) is 15.1. The molecule has 2 rings (SSSR count). The third-order valence-electron chi connectivity index (χ3n) is 15.1. The molecule has 3 unspecified atom stereocenters. The van der Waals surface area contributed by atoms with Crippen LogP contribution in [0.1, 0.15) is 285 Å². The molecule has 0 aromatic carbocycles. The van der Waals surface area contributed by atoms with Crippen LogP contribution in [0.5, 0.6) is 0 Å². The summed E-state index contributed by atoms with van der Waals surface area (Å²) in [6, 6.07) is 0. The summed E-state index contributed by atoms with van der Waals surface area (Å²) < 4.78 is 0. The van der Waals surface area contributed by atoms with Crippen molar-refractivity contribution < 1.29 is 5.11 Å². The van der Waals surface area contributed by atoms with Crippen molar-refractivity contribution in [2.45, 2.75) is 307 Å². The molecule has 1 nitrogen and oxygen atoms in total. The van der Waals surface area contributed by atoms with E-state index in [0.29, 0.717) is 10.6 Å². The van der Waals surface area contributed by atoms with Crippen molar-refractivity contribution in [3.63, 3.8) is 0 Å². The summed E-state index contributed by atoms with van der Waals surface area (Å²) in [5.74, 6) is 0. The van der Waals surface area contributed by atoms with Crippen LogP contribution in [-0.4, -0.2) is 25.8 Å². The minimum atomic E-state index is -0.490. The fourth-order valence-corrected chi connectivity index (χ4v) is 10.9. The van der Waals surface area contributed by atoms with E-state index in [2.05, 4.69) is 35.5 Å². The molecule has 0 aromatic rings. The van der Waals surface area contributed by atoms with Gasteiger partial charge in [0.25, 0.3) is 0 Å². The highest BCUT2D eigenvalue weighted by Crippen LogP contribution is 2.56. The van der Waals surface area contributed by atoms with Crippen LogP contribution in [0.2, 0.25) is 16.9 Å². The van der Waals surface area contributed by atoms with Crippen molar-refractivity contribution in [1.82, 2.24) is 0 Å². The van der Waals surface area contributed by atoms with Crippen LogP contribution in [0.25, 0.3) is 0 Å². The summed E-state index contributed by atoms with van der Waals surface area (Å²) in [5.41, 5.74) is -0.208. The fraction of sp³-hybridized carbons (Fsp3) is 1.00. The lowest BCUT2D eigenvalue weighted by Gasteiger charge is -2.46.